The van der Waals surface area contributed by atoms with Gasteiger partial charge in [0.1, 0.15) is 23.3 Å². The molecular weight excluding hydrogens is 929 g/mol. The second-order valence-corrected chi connectivity index (χ2v) is 21.2. The molecule has 2 aromatic heterocycles. The number of carbonyl (C=O) groups excluding carboxylic acids is 5. The number of para-hydroxylation sites is 1. The number of aromatic nitrogens is 3. The molecule has 5 amide bonds. The topological polar surface area (TPSA) is 226 Å². The summed E-state index contributed by atoms with van der Waals surface area (Å²) in [5, 5.41) is 9.79. The highest BCUT2D eigenvalue weighted by molar-refractivity contribution is 7.92. The van der Waals surface area contributed by atoms with Gasteiger partial charge in [0.15, 0.2) is 0 Å². The number of imide groups is 2. The molecule has 21 heteroatoms. The van der Waals surface area contributed by atoms with Gasteiger partial charge < -0.3 is 35.1 Å². The van der Waals surface area contributed by atoms with E-state index in [0.29, 0.717) is 91.8 Å². The van der Waals surface area contributed by atoms with Crippen LogP contribution < -0.4 is 34.8 Å². The van der Waals surface area contributed by atoms with Crippen molar-refractivity contribution in [3.63, 3.8) is 0 Å². The van der Waals surface area contributed by atoms with Crippen LogP contribution in [0.25, 0.3) is 11.0 Å². The fraction of sp³-hybridized carbons (Fsp3) is 0.420. The smallest absolute Gasteiger partial charge is 0.262 e. The van der Waals surface area contributed by atoms with Gasteiger partial charge in [-0.05, 0) is 86.6 Å². The Morgan fingerprint density at radius 3 is 2.34 bits per heavy atom. The molecule has 2 atom stereocenters. The van der Waals surface area contributed by atoms with Crippen LogP contribution in [0.3, 0.4) is 0 Å². The lowest BCUT2D eigenvalue weighted by Crippen LogP contribution is -2.55. The SMILES string of the molecule is COc1cc(N2CCC(N3CCN(C(=O)[C@@H]4CCN(c5ccc6c(c5)C(=O)N(C5CCC(=O)NC5=O)C6=O)C4)CC3)CC2)c(C)cc1Nc1nc(Nc2cccc3c2N(S(C)(=O)=O)CC3)c2cc[nH]c2n1. The van der Waals surface area contributed by atoms with Gasteiger partial charge in [-0.1, -0.05) is 12.1 Å². The Kier molecular flexibility index (Phi) is 11.8. The number of nitrogens with one attached hydrogen (secondary N) is 4. The number of carbonyl (C=O) groups is 5. The van der Waals surface area contributed by atoms with Gasteiger partial charge in [-0.2, -0.15) is 9.97 Å². The fourth-order valence-electron chi connectivity index (χ4n) is 11.4. The van der Waals surface area contributed by atoms with Gasteiger partial charge in [-0.25, -0.2) is 8.42 Å². The number of piperazine rings is 1. The number of hydrogen-bond acceptors (Lipinski definition) is 15. The predicted octanol–water partition coefficient (Wildman–Crippen LogP) is 4.12. The average Bonchev–Trinajstić information content (AvgIpc) is 4.19. The molecule has 3 aromatic carbocycles. The van der Waals surface area contributed by atoms with Gasteiger partial charge in [0.05, 0.1) is 52.9 Å². The molecule has 71 heavy (non-hydrogen) atoms. The zero-order chi connectivity index (χ0) is 49.3. The lowest BCUT2D eigenvalue weighted by Gasteiger charge is -2.44. The third-order valence-electron chi connectivity index (χ3n) is 15.1. The number of sulfonamides is 1. The first-order valence-corrected chi connectivity index (χ1v) is 26.1. The van der Waals surface area contributed by atoms with Crippen molar-refractivity contribution in [1.29, 1.82) is 0 Å². The molecule has 0 saturated carbocycles. The number of fused-ring (bicyclic) bond motifs is 3. The molecule has 1 unspecified atom stereocenters. The molecule has 4 fully saturated rings. The summed E-state index contributed by atoms with van der Waals surface area (Å²) >= 11 is 0. The van der Waals surface area contributed by atoms with Crippen LogP contribution in [0.4, 0.5) is 40.2 Å². The van der Waals surface area contributed by atoms with Crippen LogP contribution in [0, 0.1) is 12.8 Å². The first kappa shape index (κ1) is 46.1. The van der Waals surface area contributed by atoms with Crippen molar-refractivity contribution in [3.05, 3.63) is 83.0 Å². The van der Waals surface area contributed by atoms with Crippen LogP contribution in [-0.4, -0.2) is 152 Å². The Bertz CT molecular complexity index is 3130. The van der Waals surface area contributed by atoms with Crippen molar-refractivity contribution < 1.29 is 37.1 Å². The van der Waals surface area contributed by atoms with Gasteiger partial charge >= 0.3 is 0 Å². The summed E-state index contributed by atoms with van der Waals surface area (Å²) in [6.07, 6.45) is 6.46. The number of methoxy groups -OCH3 is 1. The number of aryl methyl sites for hydroxylation is 1. The normalized spacial score (nSPS) is 21.0. The number of rotatable bonds is 11. The van der Waals surface area contributed by atoms with Crippen molar-refractivity contribution in [2.75, 3.05) is 97.0 Å². The van der Waals surface area contributed by atoms with E-state index in [0.717, 1.165) is 71.8 Å². The number of aromatic amines is 1. The summed E-state index contributed by atoms with van der Waals surface area (Å²) in [4.78, 5) is 87.6. The number of ether oxygens (including phenoxy) is 1. The van der Waals surface area contributed by atoms with E-state index in [1.165, 1.54) is 10.6 Å². The van der Waals surface area contributed by atoms with Gasteiger partial charge in [0, 0.05) is 95.0 Å². The van der Waals surface area contributed by atoms with Crippen molar-refractivity contribution >= 4 is 90.8 Å². The fourth-order valence-corrected chi connectivity index (χ4v) is 12.3. The van der Waals surface area contributed by atoms with E-state index in [2.05, 4.69) is 54.7 Å². The van der Waals surface area contributed by atoms with E-state index in [-0.39, 0.29) is 35.8 Å². The van der Waals surface area contributed by atoms with Crippen molar-refractivity contribution in [1.82, 2.24) is 35.0 Å². The lowest BCUT2D eigenvalue weighted by atomic mass is 10.00. The van der Waals surface area contributed by atoms with E-state index < -0.39 is 39.7 Å². The van der Waals surface area contributed by atoms with E-state index in [4.69, 9.17) is 14.7 Å². The maximum Gasteiger partial charge on any atom is 0.262 e. The van der Waals surface area contributed by atoms with Crippen LogP contribution in [0.5, 0.6) is 5.75 Å². The largest absolute Gasteiger partial charge is 0.494 e. The monoisotopic (exact) mass is 984 g/mol. The maximum absolute atomic E-state index is 13.9. The molecule has 5 aromatic rings. The van der Waals surface area contributed by atoms with Gasteiger partial charge in [0.25, 0.3) is 11.8 Å². The average molecular weight is 985 g/mol. The summed E-state index contributed by atoms with van der Waals surface area (Å²) in [6, 6.07) is 16.2. The van der Waals surface area contributed by atoms with Crippen molar-refractivity contribution in [3.8, 4) is 5.75 Å². The second-order valence-electron chi connectivity index (χ2n) is 19.3. The molecule has 6 aliphatic heterocycles. The summed E-state index contributed by atoms with van der Waals surface area (Å²) in [5.74, 6) is -0.671. The molecule has 0 aliphatic carbocycles. The molecule has 11 rings (SSSR count). The second kappa shape index (κ2) is 18.2. The summed E-state index contributed by atoms with van der Waals surface area (Å²) < 4.78 is 32.8. The Labute approximate surface area is 410 Å². The van der Waals surface area contributed by atoms with E-state index in [9.17, 15) is 32.4 Å². The highest BCUT2D eigenvalue weighted by Gasteiger charge is 2.45. The van der Waals surface area contributed by atoms with Gasteiger partial charge in [-0.3, -0.25) is 43.4 Å². The van der Waals surface area contributed by atoms with Crippen LogP contribution in [0.1, 0.15) is 63.9 Å². The van der Waals surface area contributed by atoms with Crippen LogP contribution in [0.15, 0.2) is 60.8 Å². The van der Waals surface area contributed by atoms with Crippen molar-refractivity contribution in [2.24, 2.45) is 5.92 Å². The quantitative estimate of drug-likeness (QED) is 0.137. The van der Waals surface area contributed by atoms with Crippen LogP contribution in [0.2, 0.25) is 0 Å². The van der Waals surface area contributed by atoms with Crippen molar-refractivity contribution in [2.45, 2.75) is 57.5 Å². The molecule has 6 aliphatic rings. The van der Waals surface area contributed by atoms with Crippen LogP contribution >= 0.6 is 0 Å². The molecule has 0 radical (unpaired) electrons. The maximum atomic E-state index is 13.9. The minimum absolute atomic E-state index is 0.0594. The number of benzene rings is 3. The highest BCUT2D eigenvalue weighted by Crippen LogP contribution is 2.41. The molecule has 370 valence electrons. The molecule has 4 N–H and O–H groups in total. The van der Waals surface area contributed by atoms with Gasteiger partial charge in [0.2, 0.25) is 33.7 Å². The van der Waals surface area contributed by atoms with Gasteiger partial charge in [-0.15, -0.1) is 0 Å². The van der Waals surface area contributed by atoms with E-state index >= 15 is 0 Å². The first-order chi connectivity index (χ1) is 34.2. The zero-order valence-corrected chi connectivity index (χ0v) is 40.7. The Morgan fingerprint density at radius 2 is 1.58 bits per heavy atom. The molecular formula is C50H56N12O8S. The van der Waals surface area contributed by atoms with E-state index in [1.807, 2.05) is 29.2 Å². The number of amides is 5. The lowest BCUT2D eigenvalue weighted by molar-refractivity contribution is -0.137. The molecule has 4 saturated heterocycles. The third kappa shape index (κ3) is 8.53. The summed E-state index contributed by atoms with van der Waals surface area (Å²) in [7, 11) is -1.83. The first-order valence-electron chi connectivity index (χ1n) is 24.3. The number of piperidine rings is 2. The minimum Gasteiger partial charge on any atom is -0.494 e. The van der Waals surface area contributed by atoms with Crippen LogP contribution in [-0.2, 0) is 30.8 Å². The highest BCUT2D eigenvalue weighted by atomic mass is 32.2. The molecule has 8 heterocycles. The number of anilines is 7. The number of nitrogens with zero attached hydrogens (tertiary/aromatic N) is 8. The number of hydrogen-bond donors (Lipinski definition) is 4. The standard InChI is InChI=1S/C50H56N12O8S/c1-29-25-38(53-50-55-44-35(11-16-51-44)45(56-50)52-37-6-4-5-30-13-20-61(43(30)37)71(3,68)69)41(70-2)27-40(29)58-18-14-32(15-19-58)57-21-23-59(24-22-57)47(65)31-12-17-60(28-31)33-7-8-34-36(26-33)49(67)62(48(34)66)39-9-10-42(63)54-46(39)64/h4-8,11,16,25-27,31-32,39H,9-10,12-15,17-24,28H2,1-3H3,(H,54,63,64)(H3,51,52,53,55,56)/t31-,39?/m1/s1. The third-order valence-corrected chi connectivity index (χ3v) is 16.2. The Balaban J connectivity index is 0.687. The number of H-pyrrole nitrogens is 1. The summed E-state index contributed by atoms with van der Waals surface area (Å²) in [6.45, 7) is 8.33. The molecule has 20 nitrogen and oxygen atoms in total. The predicted molar refractivity (Wildman–Crippen MR) is 267 cm³/mol. The molecule has 0 spiro atoms. The Morgan fingerprint density at radius 1 is 0.803 bits per heavy atom. The minimum atomic E-state index is -3.48. The Hall–Kier alpha value is -7.26. The summed E-state index contributed by atoms with van der Waals surface area (Å²) in [5.41, 5.74) is 6.93. The zero-order valence-electron chi connectivity index (χ0n) is 39.9. The molecule has 0 bridgehead atoms. The van der Waals surface area contributed by atoms with E-state index in [1.54, 1.807) is 31.5 Å².